The fourth-order valence-corrected chi connectivity index (χ4v) is 3.29. The zero-order valence-corrected chi connectivity index (χ0v) is 12.0. The second kappa shape index (κ2) is 5.38. The monoisotopic (exact) mass is 271 g/mol. The number of nitrogens with zero attached hydrogens (tertiary/aromatic N) is 1. The average Bonchev–Trinajstić information content (AvgIpc) is 2.92. The predicted molar refractivity (Wildman–Crippen MR) is 70.6 cm³/mol. The molecule has 5 nitrogen and oxygen atoms in total. The maximum absolute atomic E-state index is 12.2. The Balaban J connectivity index is 2.04. The van der Waals surface area contributed by atoms with E-state index >= 15 is 0 Å². The largest absolute Gasteiger partial charge is 0.458 e. The molecule has 0 spiro atoms. The lowest BCUT2D eigenvalue weighted by molar-refractivity contribution is -0.190. The van der Waals surface area contributed by atoms with Gasteiger partial charge in [0.25, 0.3) is 0 Å². The zero-order valence-electron chi connectivity index (χ0n) is 12.0. The van der Waals surface area contributed by atoms with Crippen LogP contribution < -0.4 is 0 Å². The Morgan fingerprint density at radius 3 is 2.58 bits per heavy atom. The Labute approximate surface area is 114 Å². The lowest BCUT2D eigenvalue weighted by Gasteiger charge is -2.34. The number of esters is 1. The number of fused-ring (bicyclic) bond motifs is 1. The lowest BCUT2D eigenvalue weighted by Crippen LogP contribution is -2.54. The molecule has 110 valence electrons. The van der Waals surface area contributed by atoms with Crippen LogP contribution in [0.25, 0.3) is 0 Å². The van der Waals surface area contributed by atoms with Crippen molar-refractivity contribution in [1.82, 2.24) is 4.90 Å². The van der Waals surface area contributed by atoms with E-state index in [-0.39, 0.29) is 12.0 Å². The van der Waals surface area contributed by atoms with Crippen molar-refractivity contribution >= 4 is 5.97 Å². The molecule has 2 fully saturated rings. The van der Waals surface area contributed by atoms with Gasteiger partial charge in [0.15, 0.2) is 5.60 Å². The normalized spacial score (nSPS) is 32.1. The maximum atomic E-state index is 12.2. The summed E-state index contributed by atoms with van der Waals surface area (Å²) in [4.78, 5) is 14.6. The molecule has 19 heavy (non-hydrogen) atoms. The molecule has 5 heteroatoms. The molecule has 2 N–H and O–H groups in total. The Morgan fingerprint density at radius 1 is 1.32 bits per heavy atom. The van der Waals surface area contributed by atoms with Crippen LogP contribution in [0.3, 0.4) is 0 Å². The molecule has 2 heterocycles. The summed E-state index contributed by atoms with van der Waals surface area (Å²) in [5, 5.41) is 20.1. The van der Waals surface area contributed by atoms with Crippen molar-refractivity contribution < 1.29 is 19.7 Å². The molecule has 0 aliphatic carbocycles. The number of aliphatic hydroxyl groups is 2. The van der Waals surface area contributed by atoms with Gasteiger partial charge >= 0.3 is 5.97 Å². The van der Waals surface area contributed by atoms with Gasteiger partial charge in [0.1, 0.15) is 6.10 Å². The van der Waals surface area contributed by atoms with E-state index < -0.39 is 17.7 Å². The van der Waals surface area contributed by atoms with Gasteiger partial charge < -0.3 is 14.9 Å². The molecular formula is C14H25NO4. The van der Waals surface area contributed by atoms with Gasteiger partial charge in [-0.2, -0.15) is 0 Å². The average molecular weight is 271 g/mol. The Bertz CT molecular complexity index is 334. The molecule has 0 aromatic heterocycles. The SMILES string of the molecule is CC(C)[C@](O)(C(=O)O[C@@H]1CCN2CCC[C@H]12)[C@H](C)O. The summed E-state index contributed by atoms with van der Waals surface area (Å²) < 4.78 is 5.52. The number of ether oxygens (including phenoxy) is 1. The first-order chi connectivity index (χ1) is 8.87. The first-order valence-corrected chi connectivity index (χ1v) is 7.23. The summed E-state index contributed by atoms with van der Waals surface area (Å²) in [6, 6.07) is 0.300. The molecule has 4 atom stereocenters. The number of carbonyl (C=O) groups excluding carboxylic acids is 1. The van der Waals surface area contributed by atoms with Crippen LogP contribution in [-0.2, 0) is 9.53 Å². The fraction of sp³-hybridized carbons (Fsp3) is 0.929. The zero-order chi connectivity index (χ0) is 14.2. The van der Waals surface area contributed by atoms with E-state index in [9.17, 15) is 15.0 Å². The van der Waals surface area contributed by atoms with Gasteiger partial charge in [0.2, 0.25) is 0 Å². The standard InChI is InChI=1S/C14H25NO4/c1-9(2)14(18,10(3)16)13(17)19-12-6-8-15-7-4-5-11(12)15/h9-12,16,18H,4-8H2,1-3H3/t10-,11+,12+,14+/m0/s1. The summed E-state index contributed by atoms with van der Waals surface area (Å²) in [7, 11) is 0. The molecule has 0 saturated carbocycles. The van der Waals surface area contributed by atoms with E-state index in [1.807, 2.05) is 0 Å². The Hall–Kier alpha value is -0.650. The van der Waals surface area contributed by atoms with Crippen molar-refractivity contribution in [3.63, 3.8) is 0 Å². The molecule has 0 aromatic carbocycles. The van der Waals surface area contributed by atoms with Crippen molar-refractivity contribution in [3.8, 4) is 0 Å². The van der Waals surface area contributed by atoms with Gasteiger partial charge in [-0.15, -0.1) is 0 Å². The molecule has 2 rings (SSSR count). The van der Waals surface area contributed by atoms with Gasteiger partial charge in [0, 0.05) is 12.6 Å². The molecule has 0 amide bonds. The number of rotatable bonds is 4. The van der Waals surface area contributed by atoms with Crippen molar-refractivity contribution in [1.29, 1.82) is 0 Å². The Kier molecular flexibility index (Phi) is 4.18. The molecule has 2 aliphatic rings. The van der Waals surface area contributed by atoms with Crippen molar-refractivity contribution in [3.05, 3.63) is 0 Å². The minimum Gasteiger partial charge on any atom is -0.458 e. The second-order valence-corrected chi connectivity index (χ2v) is 6.13. The van der Waals surface area contributed by atoms with Crippen LogP contribution >= 0.6 is 0 Å². The van der Waals surface area contributed by atoms with Crippen LogP contribution in [0.4, 0.5) is 0 Å². The predicted octanol–water partition coefficient (Wildman–Crippen LogP) is 0.534. The molecule has 0 unspecified atom stereocenters. The van der Waals surface area contributed by atoms with E-state index in [0.29, 0.717) is 6.04 Å². The van der Waals surface area contributed by atoms with Gasteiger partial charge in [-0.3, -0.25) is 4.90 Å². The summed E-state index contributed by atoms with van der Waals surface area (Å²) in [5.41, 5.74) is -1.81. The van der Waals surface area contributed by atoms with Crippen molar-refractivity contribution in [2.24, 2.45) is 5.92 Å². The van der Waals surface area contributed by atoms with Crippen molar-refractivity contribution in [2.45, 2.75) is 63.9 Å². The highest BCUT2D eigenvalue weighted by Gasteiger charge is 2.48. The highest BCUT2D eigenvalue weighted by molar-refractivity contribution is 5.80. The highest BCUT2D eigenvalue weighted by atomic mass is 16.6. The van der Waals surface area contributed by atoms with Crippen LogP contribution in [0.15, 0.2) is 0 Å². The second-order valence-electron chi connectivity index (χ2n) is 6.13. The number of carbonyl (C=O) groups is 1. The van der Waals surface area contributed by atoms with E-state index in [4.69, 9.17) is 4.74 Å². The minimum absolute atomic E-state index is 0.140. The number of hydrogen-bond acceptors (Lipinski definition) is 5. The third-order valence-corrected chi connectivity index (χ3v) is 4.65. The van der Waals surface area contributed by atoms with Crippen LogP contribution in [0.2, 0.25) is 0 Å². The van der Waals surface area contributed by atoms with Gasteiger partial charge in [-0.1, -0.05) is 13.8 Å². The summed E-state index contributed by atoms with van der Waals surface area (Å²) in [6.45, 7) is 6.88. The minimum atomic E-state index is -1.81. The Morgan fingerprint density at radius 2 is 2.00 bits per heavy atom. The molecule has 0 radical (unpaired) electrons. The van der Waals surface area contributed by atoms with Crippen LogP contribution in [0.1, 0.15) is 40.0 Å². The third-order valence-electron chi connectivity index (χ3n) is 4.65. The fourth-order valence-electron chi connectivity index (χ4n) is 3.29. The number of hydrogen-bond donors (Lipinski definition) is 2. The summed E-state index contributed by atoms with van der Waals surface area (Å²) in [6.07, 6.45) is 1.74. The van der Waals surface area contributed by atoms with Crippen molar-refractivity contribution in [2.75, 3.05) is 13.1 Å². The summed E-state index contributed by atoms with van der Waals surface area (Å²) in [5.74, 6) is -1.07. The highest BCUT2D eigenvalue weighted by Crippen LogP contribution is 2.32. The molecule has 2 saturated heterocycles. The topological polar surface area (TPSA) is 70.0 Å². The van der Waals surface area contributed by atoms with Crippen LogP contribution in [0.5, 0.6) is 0 Å². The molecule has 0 aromatic rings. The quantitative estimate of drug-likeness (QED) is 0.730. The van der Waals surface area contributed by atoms with Crippen LogP contribution in [-0.4, -0.2) is 58.0 Å². The molecule has 0 bridgehead atoms. The van der Waals surface area contributed by atoms with E-state index in [1.54, 1.807) is 13.8 Å². The first kappa shape index (κ1) is 14.8. The number of aliphatic hydroxyl groups excluding tert-OH is 1. The van der Waals surface area contributed by atoms with Gasteiger partial charge in [0.05, 0.1) is 6.10 Å². The first-order valence-electron chi connectivity index (χ1n) is 7.23. The van der Waals surface area contributed by atoms with E-state index in [2.05, 4.69) is 4.90 Å². The van der Waals surface area contributed by atoms with E-state index in [1.165, 1.54) is 6.92 Å². The smallest absolute Gasteiger partial charge is 0.341 e. The summed E-state index contributed by atoms with van der Waals surface area (Å²) >= 11 is 0. The molecular weight excluding hydrogens is 246 g/mol. The third kappa shape index (κ3) is 2.51. The lowest BCUT2D eigenvalue weighted by atomic mass is 9.85. The van der Waals surface area contributed by atoms with E-state index in [0.717, 1.165) is 32.4 Å². The van der Waals surface area contributed by atoms with Gasteiger partial charge in [-0.25, -0.2) is 4.79 Å². The van der Waals surface area contributed by atoms with Gasteiger partial charge in [-0.05, 0) is 38.6 Å². The maximum Gasteiger partial charge on any atom is 0.341 e. The van der Waals surface area contributed by atoms with Crippen LogP contribution in [0, 0.1) is 5.92 Å². The molecule has 2 aliphatic heterocycles.